The molecule has 0 radical (unpaired) electrons. The van der Waals surface area contributed by atoms with Crippen LogP contribution in [0.4, 0.5) is 11.4 Å². The van der Waals surface area contributed by atoms with Crippen LogP contribution in [0.5, 0.6) is 5.75 Å². The number of aliphatic hydroxyl groups excluding tert-OH is 1. The van der Waals surface area contributed by atoms with Gasteiger partial charge in [0.15, 0.2) is 0 Å². The molecule has 0 aliphatic heterocycles. The molecule has 9 heteroatoms. The zero-order chi connectivity index (χ0) is 16.0. The lowest BCUT2D eigenvalue weighted by Gasteiger charge is -2.02. The van der Waals surface area contributed by atoms with Crippen LogP contribution in [0.15, 0.2) is 39.9 Å². The molecule has 1 rings (SSSR count). The lowest BCUT2D eigenvalue weighted by Crippen LogP contribution is -2.07. The van der Waals surface area contributed by atoms with Crippen LogP contribution in [0.2, 0.25) is 0 Å². The van der Waals surface area contributed by atoms with Crippen LogP contribution in [0.1, 0.15) is 13.8 Å². The number of non-ortho nitro benzene ring substituents is 1. The average molecular weight is 295 g/mol. The first-order valence-electron chi connectivity index (χ1n) is 5.83. The van der Waals surface area contributed by atoms with E-state index in [1.807, 2.05) is 0 Å². The smallest absolute Gasteiger partial charge is 0.362 e. The van der Waals surface area contributed by atoms with Gasteiger partial charge in [-0.1, -0.05) is 0 Å². The Kier molecular flexibility index (Phi) is 5.35. The summed E-state index contributed by atoms with van der Waals surface area (Å²) in [4.78, 5) is 21.5. The van der Waals surface area contributed by atoms with E-state index in [2.05, 4.69) is 15.0 Å². The molecule has 0 aliphatic rings. The summed E-state index contributed by atoms with van der Waals surface area (Å²) < 4.78 is 4.66. The molecule has 0 bridgehead atoms. The van der Waals surface area contributed by atoms with Gasteiger partial charge < -0.3 is 14.9 Å². The molecule has 0 amide bonds. The summed E-state index contributed by atoms with van der Waals surface area (Å²) in [7, 11) is 0. The number of nitrogens with zero attached hydrogens (tertiary/aromatic N) is 3. The van der Waals surface area contributed by atoms with Gasteiger partial charge in [-0.3, -0.25) is 10.1 Å². The number of rotatable bonds is 5. The second kappa shape index (κ2) is 6.98. The maximum Gasteiger partial charge on any atom is 0.362 e. The number of nitro groups is 1. The minimum atomic E-state index is -0.897. The zero-order valence-electron chi connectivity index (χ0n) is 11.3. The molecule has 112 valence electrons. The number of esters is 1. The van der Waals surface area contributed by atoms with Crippen molar-refractivity contribution in [3.63, 3.8) is 0 Å². The molecular weight excluding hydrogens is 282 g/mol. The molecule has 0 unspecified atom stereocenters. The summed E-state index contributed by atoms with van der Waals surface area (Å²) in [5, 5.41) is 36.5. The number of ether oxygens (including phenoxy) is 1. The van der Waals surface area contributed by atoms with E-state index < -0.39 is 22.3 Å². The third-order valence-corrected chi connectivity index (χ3v) is 2.24. The fraction of sp³-hybridized carbons (Fsp3) is 0.250. The molecule has 0 spiro atoms. The Morgan fingerprint density at radius 3 is 2.67 bits per heavy atom. The molecule has 0 saturated heterocycles. The standard InChI is InChI=1S/C12H13N3O6/c1-3-21-12(18)11(7(2)16)14-13-9-6-8(15(19)20)4-5-10(9)17/h4-6,16-17H,3H2,1-2H3/b11-7+,14-13?. The molecule has 2 N–H and O–H groups in total. The predicted molar refractivity (Wildman–Crippen MR) is 71.2 cm³/mol. The van der Waals surface area contributed by atoms with Crippen LogP contribution < -0.4 is 0 Å². The Labute approximate surface area is 119 Å². The van der Waals surface area contributed by atoms with E-state index >= 15 is 0 Å². The lowest BCUT2D eigenvalue weighted by atomic mass is 10.2. The van der Waals surface area contributed by atoms with Crippen LogP contribution in [-0.2, 0) is 9.53 Å². The molecule has 1 aromatic carbocycles. The summed E-state index contributed by atoms with van der Waals surface area (Å²) in [5.74, 6) is -1.68. The number of allylic oxidation sites excluding steroid dienone is 1. The van der Waals surface area contributed by atoms with E-state index in [0.717, 1.165) is 18.2 Å². The maximum absolute atomic E-state index is 11.5. The molecule has 0 heterocycles. The van der Waals surface area contributed by atoms with E-state index in [1.54, 1.807) is 6.92 Å². The second-order valence-electron chi connectivity index (χ2n) is 3.78. The van der Waals surface area contributed by atoms with Gasteiger partial charge in [-0.25, -0.2) is 4.79 Å². The Hall–Kier alpha value is -2.97. The van der Waals surface area contributed by atoms with Crippen molar-refractivity contribution in [1.29, 1.82) is 0 Å². The summed E-state index contributed by atoms with van der Waals surface area (Å²) in [6.45, 7) is 2.86. The van der Waals surface area contributed by atoms with Crippen molar-refractivity contribution in [2.45, 2.75) is 13.8 Å². The maximum atomic E-state index is 11.5. The number of benzene rings is 1. The molecule has 0 saturated carbocycles. The third kappa shape index (κ3) is 4.27. The first-order valence-corrected chi connectivity index (χ1v) is 5.83. The number of carbonyl (C=O) groups excluding carboxylic acids is 1. The molecule has 21 heavy (non-hydrogen) atoms. The Balaban J connectivity index is 3.13. The van der Waals surface area contributed by atoms with Crippen LogP contribution in [0, 0.1) is 10.1 Å². The van der Waals surface area contributed by atoms with E-state index in [-0.39, 0.29) is 23.7 Å². The number of azo groups is 1. The number of nitro benzene ring substituents is 1. The van der Waals surface area contributed by atoms with Gasteiger partial charge >= 0.3 is 5.97 Å². The topological polar surface area (TPSA) is 135 Å². The van der Waals surface area contributed by atoms with E-state index in [0.29, 0.717) is 0 Å². The quantitative estimate of drug-likeness (QED) is 0.214. The Morgan fingerprint density at radius 1 is 1.48 bits per heavy atom. The number of aromatic hydroxyl groups is 1. The Bertz CT molecular complexity index is 619. The van der Waals surface area contributed by atoms with Crippen molar-refractivity contribution in [3.8, 4) is 5.75 Å². The highest BCUT2D eigenvalue weighted by Crippen LogP contribution is 2.31. The fourth-order valence-electron chi connectivity index (χ4n) is 1.27. The number of phenolic OH excluding ortho intramolecular Hbond substituents is 1. The van der Waals surface area contributed by atoms with E-state index in [1.165, 1.54) is 6.92 Å². The molecule has 1 aromatic rings. The number of hydrogen-bond acceptors (Lipinski definition) is 8. The van der Waals surface area contributed by atoms with Gasteiger partial charge in [-0.2, -0.15) is 0 Å². The first-order chi connectivity index (χ1) is 9.86. The van der Waals surface area contributed by atoms with Crippen molar-refractivity contribution in [1.82, 2.24) is 0 Å². The average Bonchev–Trinajstić information content (AvgIpc) is 2.40. The Morgan fingerprint density at radius 2 is 2.14 bits per heavy atom. The minimum absolute atomic E-state index is 0.0766. The summed E-state index contributed by atoms with van der Waals surface area (Å²) >= 11 is 0. The van der Waals surface area contributed by atoms with E-state index in [9.17, 15) is 25.1 Å². The molecule has 0 atom stereocenters. The van der Waals surface area contributed by atoms with Gasteiger partial charge in [0.1, 0.15) is 17.2 Å². The van der Waals surface area contributed by atoms with Crippen LogP contribution in [0.3, 0.4) is 0 Å². The SMILES string of the molecule is CCOC(=O)/C(N=Nc1cc([N+](=O)[O-])ccc1O)=C(/C)O. The van der Waals surface area contributed by atoms with Gasteiger partial charge in [-0.05, 0) is 19.9 Å². The van der Waals surface area contributed by atoms with Crippen LogP contribution >= 0.6 is 0 Å². The number of aliphatic hydroxyl groups is 1. The van der Waals surface area contributed by atoms with Crippen LogP contribution in [0.25, 0.3) is 0 Å². The number of hydrogen-bond donors (Lipinski definition) is 2. The summed E-state index contributed by atoms with van der Waals surface area (Å²) in [6.07, 6.45) is 0. The van der Waals surface area contributed by atoms with Gasteiger partial charge in [0, 0.05) is 12.1 Å². The third-order valence-electron chi connectivity index (χ3n) is 2.24. The molecular formula is C12H13N3O6. The molecule has 9 nitrogen and oxygen atoms in total. The molecule has 0 aromatic heterocycles. The second-order valence-corrected chi connectivity index (χ2v) is 3.78. The fourth-order valence-corrected chi connectivity index (χ4v) is 1.27. The largest absolute Gasteiger partial charge is 0.510 e. The normalized spacial score (nSPS) is 12.1. The van der Waals surface area contributed by atoms with Gasteiger partial charge in [-0.15, -0.1) is 10.2 Å². The highest BCUT2D eigenvalue weighted by atomic mass is 16.6. The predicted octanol–water partition coefficient (Wildman–Crippen LogP) is 2.74. The van der Waals surface area contributed by atoms with Gasteiger partial charge in [0.05, 0.1) is 11.5 Å². The van der Waals surface area contributed by atoms with Crippen molar-refractivity contribution < 1.29 is 24.7 Å². The molecule has 0 aliphatic carbocycles. The van der Waals surface area contributed by atoms with Crippen molar-refractivity contribution in [3.05, 3.63) is 39.8 Å². The molecule has 0 fully saturated rings. The number of phenols is 1. The summed E-state index contributed by atoms with van der Waals surface area (Å²) in [5.41, 5.74) is -0.973. The minimum Gasteiger partial charge on any atom is -0.510 e. The number of carbonyl (C=O) groups is 1. The van der Waals surface area contributed by atoms with E-state index in [4.69, 9.17) is 0 Å². The highest BCUT2D eigenvalue weighted by molar-refractivity contribution is 5.88. The monoisotopic (exact) mass is 295 g/mol. The lowest BCUT2D eigenvalue weighted by molar-refractivity contribution is -0.384. The summed E-state index contributed by atoms with van der Waals surface area (Å²) in [6, 6.07) is 3.15. The van der Waals surface area contributed by atoms with Crippen LogP contribution in [-0.4, -0.2) is 27.7 Å². The van der Waals surface area contributed by atoms with Crippen molar-refractivity contribution >= 4 is 17.3 Å². The first kappa shape index (κ1) is 16.1. The van der Waals surface area contributed by atoms with Crippen molar-refractivity contribution in [2.75, 3.05) is 6.61 Å². The zero-order valence-corrected chi connectivity index (χ0v) is 11.3. The van der Waals surface area contributed by atoms with Crippen molar-refractivity contribution in [2.24, 2.45) is 10.2 Å². The highest BCUT2D eigenvalue weighted by Gasteiger charge is 2.15. The van der Waals surface area contributed by atoms with Gasteiger partial charge in [0.2, 0.25) is 5.70 Å². The van der Waals surface area contributed by atoms with Gasteiger partial charge in [0.25, 0.3) is 5.69 Å².